The summed E-state index contributed by atoms with van der Waals surface area (Å²) >= 11 is 13.6. The van der Waals surface area contributed by atoms with Crippen LogP contribution in [0.25, 0.3) is 21.3 Å². The first-order chi connectivity index (χ1) is 16.6. The Morgan fingerprint density at radius 1 is 1.06 bits per heavy atom. The number of anilines is 1. The first-order valence-electron chi connectivity index (χ1n) is 11.2. The van der Waals surface area contributed by atoms with E-state index in [4.69, 9.17) is 27.9 Å². The van der Waals surface area contributed by atoms with E-state index in [0.717, 1.165) is 42.2 Å². The monoisotopic (exact) mass is 515 g/mol. The van der Waals surface area contributed by atoms with Crippen molar-refractivity contribution in [2.75, 3.05) is 44.2 Å². The highest BCUT2D eigenvalue weighted by molar-refractivity contribution is 7.17. The summed E-state index contributed by atoms with van der Waals surface area (Å²) in [5.41, 5.74) is 2.36. The van der Waals surface area contributed by atoms with Crippen LogP contribution >= 0.6 is 34.5 Å². The minimum absolute atomic E-state index is 0.215. The number of thiophene rings is 1. The molecule has 2 aromatic carbocycles. The summed E-state index contributed by atoms with van der Waals surface area (Å²) in [6.07, 6.45) is 1.09. The van der Waals surface area contributed by atoms with Crippen LogP contribution in [-0.2, 0) is 0 Å². The summed E-state index contributed by atoms with van der Waals surface area (Å²) in [4.78, 5) is 13.9. The summed E-state index contributed by atoms with van der Waals surface area (Å²) in [7, 11) is 0. The highest BCUT2D eigenvalue weighted by atomic mass is 35.5. The van der Waals surface area contributed by atoms with Crippen molar-refractivity contribution in [2.45, 2.75) is 6.10 Å². The highest BCUT2D eigenvalue weighted by Crippen LogP contribution is 2.37. The van der Waals surface area contributed by atoms with Crippen LogP contribution in [-0.4, -0.2) is 60.5 Å². The van der Waals surface area contributed by atoms with Gasteiger partial charge in [0.05, 0.1) is 41.6 Å². The molecule has 5 rings (SSSR count). The molecule has 0 aliphatic carbocycles. The van der Waals surface area contributed by atoms with E-state index in [0.29, 0.717) is 22.3 Å². The summed E-state index contributed by atoms with van der Waals surface area (Å²) in [6.45, 7) is 4.41. The average molecular weight is 516 g/mol. The number of hydrogen-bond acceptors (Lipinski definition) is 6. The van der Waals surface area contributed by atoms with E-state index in [1.165, 1.54) is 16.0 Å². The number of aliphatic hydroxyl groups is 1. The zero-order valence-electron chi connectivity index (χ0n) is 18.5. The molecule has 9 heteroatoms. The standard InChI is InChI=1S/C25H24Cl2N4O2S/c26-21-7-6-19(12-22(21)27)33-14-18(32)13-30-8-10-31(11-9-30)24-23-20(17-4-2-1-3-5-17)15-34-25(23)29-16-28-24/h1-7,12,15-16,18,32H,8-11,13-14H2/p+1/t18-/m0/s1. The lowest BCUT2D eigenvalue weighted by Gasteiger charge is -2.34. The van der Waals surface area contributed by atoms with Gasteiger partial charge in [0.15, 0.2) is 0 Å². The van der Waals surface area contributed by atoms with Gasteiger partial charge in [-0.25, -0.2) is 9.97 Å². The van der Waals surface area contributed by atoms with Crippen molar-refractivity contribution in [2.24, 2.45) is 0 Å². The van der Waals surface area contributed by atoms with E-state index >= 15 is 0 Å². The number of benzene rings is 2. The lowest BCUT2D eigenvalue weighted by Crippen LogP contribution is -3.16. The molecule has 2 aromatic heterocycles. The molecule has 0 radical (unpaired) electrons. The molecule has 1 saturated heterocycles. The van der Waals surface area contributed by atoms with Crippen molar-refractivity contribution >= 4 is 50.6 Å². The minimum atomic E-state index is -0.566. The van der Waals surface area contributed by atoms with Gasteiger partial charge in [-0.2, -0.15) is 0 Å². The van der Waals surface area contributed by atoms with Crippen LogP contribution in [0.1, 0.15) is 0 Å². The Morgan fingerprint density at radius 2 is 1.85 bits per heavy atom. The molecule has 1 fully saturated rings. The second-order valence-electron chi connectivity index (χ2n) is 8.37. The molecule has 1 atom stereocenters. The number of ether oxygens (including phenoxy) is 1. The minimum Gasteiger partial charge on any atom is -0.491 e. The van der Waals surface area contributed by atoms with Gasteiger partial charge < -0.3 is 19.6 Å². The van der Waals surface area contributed by atoms with E-state index < -0.39 is 6.10 Å². The Hall–Kier alpha value is -2.42. The molecule has 0 spiro atoms. The Labute approximate surface area is 212 Å². The Bertz CT molecular complexity index is 1260. The highest BCUT2D eigenvalue weighted by Gasteiger charge is 2.26. The smallest absolute Gasteiger partial charge is 0.141 e. The number of nitrogens with zero attached hydrogens (tertiary/aromatic N) is 3. The van der Waals surface area contributed by atoms with Crippen LogP contribution < -0.4 is 14.5 Å². The van der Waals surface area contributed by atoms with Crippen molar-refractivity contribution in [3.8, 4) is 16.9 Å². The molecule has 0 unspecified atom stereocenters. The van der Waals surface area contributed by atoms with Gasteiger partial charge in [0.2, 0.25) is 0 Å². The van der Waals surface area contributed by atoms with Crippen LogP contribution in [0.15, 0.2) is 60.2 Å². The normalized spacial score (nSPS) is 15.6. The molecule has 0 bridgehead atoms. The molecule has 4 aromatic rings. The third-order valence-corrected chi connectivity index (χ3v) is 7.69. The molecule has 1 aliphatic rings. The molecule has 6 nitrogen and oxygen atoms in total. The first kappa shape index (κ1) is 23.3. The number of aliphatic hydroxyl groups excluding tert-OH is 1. The quantitative estimate of drug-likeness (QED) is 0.391. The van der Waals surface area contributed by atoms with Crippen molar-refractivity contribution in [1.29, 1.82) is 0 Å². The predicted octanol–water partition coefficient (Wildman–Crippen LogP) is 3.81. The van der Waals surface area contributed by atoms with Crippen LogP contribution in [0.5, 0.6) is 5.75 Å². The Kier molecular flexibility index (Phi) is 7.18. The van der Waals surface area contributed by atoms with Gasteiger partial charge in [-0.3, -0.25) is 0 Å². The van der Waals surface area contributed by atoms with Gasteiger partial charge in [-0.05, 0) is 17.7 Å². The van der Waals surface area contributed by atoms with Gasteiger partial charge in [0.1, 0.15) is 42.0 Å². The summed E-state index contributed by atoms with van der Waals surface area (Å²) < 4.78 is 5.70. The lowest BCUT2D eigenvalue weighted by atomic mass is 10.1. The largest absolute Gasteiger partial charge is 0.491 e. The number of aromatic nitrogens is 2. The van der Waals surface area contributed by atoms with E-state index in [1.807, 2.05) is 6.07 Å². The number of halogens is 2. The fraction of sp³-hybridized carbons (Fsp3) is 0.280. The number of fused-ring (bicyclic) bond motifs is 1. The molecule has 0 amide bonds. The molecular weight excluding hydrogens is 491 g/mol. The number of rotatable bonds is 7. The number of piperazine rings is 1. The van der Waals surface area contributed by atoms with Gasteiger partial charge in [-0.1, -0.05) is 53.5 Å². The average Bonchev–Trinajstić information content (AvgIpc) is 3.30. The van der Waals surface area contributed by atoms with Gasteiger partial charge in [-0.15, -0.1) is 11.3 Å². The van der Waals surface area contributed by atoms with Gasteiger partial charge in [0, 0.05) is 17.0 Å². The fourth-order valence-corrected chi connectivity index (χ4v) is 5.52. The second-order valence-corrected chi connectivity index (χ2v) is 10.0. The maximum atomic E-state index is 10.5. The van der Waals surface area contributed by atoms with Crippen molar-refractivity contribution in [3.05, 3.63) is 70.3 Å². The molecular formula is C25H25Cl2N4O2S+. The van der Waals surface area contributed by atoms with Crippen molar-refractivity contribution in [1.82, 2.24) is 9.97 Å². The molecule has 0 saturated carbocycles. The molecule has 3 heterocycles. The fourth-order valence-electron chi connectivity index (χ4n) is 4.32. The summed E-state index contributed by atoms with van der Waals surface area (Å²) in [5.74, 6) is 1.60. The van der Waals surface area contributed by atoms with E-state index in [9.17, 15) is 5.11 Å². The predicted molar refractivity (Wildman–Crippen MR) is 139 cm³/mol. The summed E-state index contributed by atoms with van der Waals surface area (Å²) in [6, 6.07) is 15.5. The number of nitrogens with one attached hydrogen (secondary N) is 1. The van der Waals surface area contributed by atoms with Crippen LogP contribution in [0, 0.1) is 0 Å². The van der Waals surface area contributed by atoms with Crippen molar-refractivity contribution < 1.29 is 14.7 Å². The maximum absolute atomic E-state index is 10.5. The zero-order chi connectivity index (χ0) is 23.5. The Morgan fingerprint density at radius 3 is 2.62 bits per heavy atom. The third kappa shape index (κ3) is 5.14. The molecule has 176 valence electrons. The molecule has 2 N–H and O–H groups in total. The maximum Gasteiger partial charge on any atom is 0.141 e. The summed E-state index contributed by atoms with van der Waals surface area (Å²) in [5, 5.41) is 14.7. The topological polar surface area (TPSA) is 62.9 Å². The lowest BCUT2D eigenvalue weighted by molar-refractivity contribution is -0.903. The number of hydrogen-bond donors (Lipinski definition) is 2. The molecule has 1 aliphatic heterocycles. The SMILES string of the molecule is O[C@H](COc1ccc(Cl)c(Cl)c1)C[NH+]1CCN(c2ncnc3scc(-c4ccccc4)c23)CC1. The van der Waals surface area contributed by atoms with Gasteiger partial charge >= 0.3 is 0 Å². The number of quaternary nitrogens is 1. The van der Waals surface area contributed by atoms with E-state index in [1.54, 1.807) is 35.9 Å². The second kappa shape index (κ2) is 10.5. The first-order valence-corrected chi connectivity index (χ1v) is 12.8. The van der Waals surface area contributed by atoms with Crippen molar-refractivity contribution in [3.63, 3.8) is 0 Å². The Balaban J connectivity index is 1.21. The van der Waals surface area contributed by atoms with E-state index in [-0.39, 0.29) is 6.61 Å². The zero-order valence-corrected chi connectivity index (χ0v) is 20.8. The van der Waals surface area contributed by atoms with Crippen LogP contribution in [0.3, 0.4) is 0 Å². The van der Waals surface area contributed by atoms with Crippen LogP contribution in [0.4, 0.5) is 5.82 Å². The van der Waals surface area contributed by atoms with Crippen LogP contribution in [0.2, 0.25) is 10.0 Å². The van der Waals surface area contributed by atoms with E-state index in [2.05, 4.69) is 44.5 Å². The van der Waals surface area contributed by atoms with Gasteiger partial charge in [0.25, 0.3) is 0 Å². The molecule has 34 heavy (non-hydrogen) atoms. The third-order valence-electron chi connectivity index (χ3n) is 6.06.